The lowest BCUT2D eigenvalue weighted by Gasteiger charge is -2.21. The third-order valence-electron chi connectivity index (χ3n) is 3.18. The second-order valence-electron chi connectivity index (χ2n) is 4.23. The molecular weight excluding hydrogens is 250 g/mol. The van der Waals surface area contributed by atoms with E-state index in [1.807, 2.05) is 0 Å². The minimum absolute atomic E-state index is 0.114. The maximum absolute atomic E-state index is 12.5. The number of nitrogens with two attached hydrogens (primary N) is 1. The first-order valence-corrected chi connectivity index (χ1v) is 5.33. The Labute approximate surface area is 101 Å². The van der Waals surface area contributed by atoms with Crippen LogP contribution in [-0.4, -0.2) is 59.4 Å². The smallest absolute Gasteiger partial charge is 0.329 e. The first-order valence-electron chi connectivity index (χ1n) is 5.33. The van der Waals surface area contributed by atoms with Crippen molar-refractivity contribution >= 4 is 17.8 Å². The molecule has 2 rings (SSSR count). The Bertz CT molecular complexity index is 417. The maximum Gasteiger partial charge on any atom is 0.329 e. The molecule has 0 aromatic rings. The first-order chi connectivity index (χ1) is 8.41. The lowest BCUT2D eigenvalue weighted by atomic mass is 9.99. The predicted octanol–water partition coefficient (Wildman–Crippen LogP) is -1.31. The quantitative estimate of drug-likeness (QED) is 0.477. The van der Waals surface area contributed by atoms with E-state index in [1.54, 1.807) is 0 Å². The van der Waals surface area contributed by atoms with Crippen molar-refractivity contribution in [2.45, 2.75) is 18.5 Å². The SMILES string of the molecule is NCC(=O)N1CCC2(C1)NC(=O)N(C(F)F)C2=O. The molecule has 0 aromatic heterocycles. The fourth-order valence-electron chi connectivity index (χ4n) is 2.25. The van der Waals surface area contributed by atoms with Crippen molar-refractivity contribution in [1.29, 1.82) is 0 Å². The van der Waals surface area contributed by atoms with Gasteiger partial charge in [-0.25, -0.2) is 9.69 Å². The van der Waals surface area contributed by atoms with Crippen LogP contribution in [0.4, 0.5) is 13.6 Å². The molecule has 100 valence electrons. The number of hydrogen-bond donors (Lipinski definition) is 2. The first kappa shape index (κ1) is 12.7. The Kier molecular flexibility index (Phi) is 2.93. The number of carbonyl (C=O) groups excluding carboxylic acids is 3. The van der Waals surface area contributed by atoms with Gasteiger partial charge in [0.2, 0.25) is 5.91 Å². The van der Waals surface area contributed by atoms with Crippen LogP contribution >= 0.6 is 0 Å². The van der Waals surface area contributed by atoms with E-state index in [0.717, 1.165) is 0 Å². The van der Waals surface area contributed by atoms with Crippen LogP contribution < -0.4 is 11.1 Å². The number of likely N-dealkylation sites (tertiary alicyclic amines) is 1. The van der Waals surface area contributed by atoms with E-state index in [1.165, 1.54) is 4.90 Å². The largest absolute Gasteiger partial charge is 0.339 e. The fourth-order valence-corrected chi connectivity index (χ4v) is 2.25. The minimum atomic E-state index is -3.18. The summed E-state index contributed by atoms with van der Waals surface area (Å²) < 4.78 is 25.1. The van der Waals surface area contributed by atoms with E-state index < -0.39 is 24.0 Å². The van der Waals surface area contributed by atoms with Gasteiger partial charge in [-0.1, -0.05) is 0 Å². The molecule has 1 atom stereocenters. The summed E-state index contributed by atoms with van der Waals surface area (Å²) in [7, 11) is 0. The fraction of sp³-hybridized carbons (Fsp3) is 0.667. The minimum Gasteiger partial charge on any atom is -0.339 e. The molecule has 0 bridgehead atoms. The number of amides is 4. The Morgan fingerprint density at radius 2 is 2.17 bits per heavy atom. The molecule has 1 unspecified atom stereocenters. The van der Waals surface area contributed by atoms with Gasteiger partial charge in [0.15, 0.2) is 0 Å². The highest BCUT2D eigenvalue weighted by atomic mass is 19.3. The molecule has 2 heterocycles. The van der Waals surface area contributed by atoms with Gasteiger partial charge in [0.25, 0.3) is 5.91 Å². The van der Waals surface area contributed by atoms with Gasteiger partial charge in [-0.05, 0) is 6.42 Å². The molecule has 2 aliphatic rings. The van der Waals surface area contributed by atoms with Gasteiger partial charge in [0.05, 0.1) is 13.1 Å². The molecule has 3 N–H and O–H groups in total. The molecule has 4 amide bonds. The number of nitrogens with zero attached hydrogens (tertiary/aromatic N) is 2. The van der Waals surface area contributed by atoms with Crippen molar-refractivity contribution in [3.63, 3.8) is 0 Å². The van der Waals surface area contributed by atoms with Gasteiger partial charge in [0, 0.05) is 6.54 Å². The lowest BCUT2D eigenvalue weighted by molar-refractivity contribution is -0.140. The second-order valence-corrected chi connectivity index (χ2v) is 4.23. The van der Waals surface area contributed by atoms with Crippen LogP contribution in [0.2, 0.25) is 0 Å². The summed E-state index contributed by atoms with van der Waals surface area (Å²) in [5.41, 5.74) is 3.76. The molecule has 0 aliphatic carbocycles. The van der Waals surface area contributed by atoms with Crippen molar-refractivity contribution in [2.24, 2.45) is 5.73 Å². The highest BCUT2D eigenvalue weighted by Crippen LogP contribution is 2.30. The summed E-state index contributed by atoms with van der Waals surface area (Å²) in [6.07, 6.45) is 0.118. The van der Waals surface area contributed by atoms with E-state index in [2.05, 4.69) is 5.32 Å². The molecule has 0 aromatic carbocycles. The van der Waals surface area contributed by atoms with Gasteiger partial charge < -0.3 is 16.0 Å². The van der Waals surface area contributed by atoms with Crippen molar-refractivity contribution in [3.8, 4) is 0 Å². The normalized spacial score (nSPS) is 27.6. The molecule has 7 nitrogen and oxygen atoms in total. The molecular formula is C9H12F2N4O3. The zero-order valence-electron chi connectivity index (χ0n) is 9.36. The van der Waals surface area contributed by atoms with Crippen molar-refractivity contribution in [3.05, 3.63) is 0 Å². The summed E-state index contributed by atoms with van der Waals surface area (Å²) >= 11 is 0. The molecule has 0 saturated carbocycles. The standard InChI is InChI=1S/C9H12F2N4O3/c10-7(11)15-6(17)9(13-8(15)18)1-2-14(4-9)5(16)3-12/h7H,1-4,12H2,(H,13,18). The second kappa shape index (κ2) is 4.16. The summed E-state index contributed by atoms with van der Waals surface area (Å²) in [6, 6.07) is -1.13. The number of hydrogen-bond acceptors (Lipinski definition) is 4. The van der Waals surface area contributed by atoms with E-state index in [9.17, 15) is 23.2 Å². The molecule has 2 saturated heterocycles. The number of nitrogens with one attached hydrogen (secondary N) is 1. The third-order valence-corrected chi connectivity index (χ3v) is 3.18. The zero-order valence-corrected chi connectivity index (χ0v) is 9.36. The zero-order chi connectivity index (χ0) is 13.5. The van der Waals surface area contributed by atoms with Crippen LogP contribution in [0.25, 0.3) is 0 Å². The van der Waals surface area contributed by atoms with Crippen LogP contribution in [0.1, 0.15) is 6.42 Å². The van der Waals surface area contributed by atoms with E-state index in [0.29, 0.717) is 0 Å². The van der Waals surface area contributed by atoms with Gasteiger partial charge in [0.1, 0.15) is 5.54 Å². The number of halogens is 2. The molecule has 0 radical (unpaired) electrons. The molecule has 9 heteroatoms. The Hall–Kier alpha value is -1.77. The summed E-state index contributed by atoms with van der Waals surface area (Å²) in [4.78, 5) is 35.7. The third kappa shape index (κ3) is 1.70. The van der Waals surface area contributed by atoms with Gasteiger partial charge in [-0.15, -0.1) is 0 Å². The van der Waals surface area contributed by atoms with Crippen LogP contribution in [-0.2, 0) is 9.59 Å². The van der Waals surface area contributed by atoms with Crippen LogP contribution in [0.5, 0.6) is 0 Å². The number of rotatable bonds is 2. The maximum atomic E-state index is 12.5. The number of urea groups is 1. The topological polar surface area (TPSA) is 95.7 Å². The number of alkyl halides is 2. The van der Waals surface area contributed by atoms with E-state index in [4.69, 9.17) is 5.73 Å². The Morgan fingerprint density at radius 3 is 2.67 bits per heavy atom. The lowest BCUT2D eigenvalue weighted by Crippen LogP contribution is -2.50. The van der Waals surface area contributed by atoms with Crippen LogP contribution in [0.3, 0.4) is 0 Å². The molecule has 2 fully saturated rings. The van der Waals surface area contributed by atoms with Crippen molar-refractivity contribution in [1.82, 2.24) is 15.1 Å². The van der Waals surface area contributed by atoms with Crippen LogP contribution in [0.15, 0.2) is 0 Å². The van der Waals surface area contributed by atoms with Crippen molar-refractivity contribution < 1.29 is 23.2 Å². The molecule has 18 heavy (non-hydrogen) atoms. The predicted molar refractivity (Wildman–Crippen MR) is 54.4 cm³/mol. The summed E-state index contributed by atoms with van der Waals surface area (Å²) in [5.74, 6) is -1.38. The van der Waals surface area contributed by atoms with E-state index >= 15 is 0 Å². The average molecular weight is 262 g/mol. The van der Waals surface area contributed by atoms with Gasteiger partial charge in [-0.3, -0.25) is 9.59 Å². The number of imide groups is 1. The van der Waals surface area contributed by atoms with Gasteiger partial charge >= 0.3 is 12.6 Å². The van der Waals surface area contributed by atoms with Crippen molar-refractivity contribution in [2.75, 3.05) is 19.6 Å². The molecule has 1 spiro atoms. The van der Waals surface area contributed by atoms with E-state index in [-0.39, 0.29) is 36.9 Å². The monoisotopic (exact) mass is 262 g/mol. The Balaban J connectivity index is 2.18. The molecule has 2 aliphatic heterocycles. The van der Waals surface area contributed by atoms with Gasteiger partial charge in [-0.2, -0.15) is 8.78 Å². The summed E-state index contributed by atoms with van der Waals surface area (Å²) in [6.45, 7) is -3.32. The summed E-state index contributed by atoms with van der Waals surface area (Å²) in [5, 5.41) is 2.24. The van der Waals surface area contributed by atoms with Crippen LogP contribution in [0, 0.1) is 0 Å². The number of carbonyl (C=O) groups is 3. The highest BCUT2D eigenvalue weighted by molar-refractivity contribution is 6.07. The average Bonchev–Trinajstić information content (AvgIpc) is 2.82. The Morgan fingerprint density at radius 1 is 1.50 bits per heavy atom. The highest BCUT2D eigenvalue weighted by Gasteiger charge is 2.57.